The van der Waals surface area contributed by atoms with Crippen LogP contribution >= 0.6 is 0 Å². The van der Waals surface area contributed by atoms with Gasteiger partial charge in [-0.1, -0.05) is 26.0 Å². The minimum absolute atomic E-state index is 0.0846. The number of nitrogens with one attached hydrogen (secondary N) is 1. The van der Waals surface area contributed by atoms with Crippen molar-refractivity contribution in [1.82, 2.24) is 4.90 Å². The molecule has 0 spiro atoms. The molecule has 1 aromatic rings. The number of piperidine rings is 1. The van der Waals surface area contributed by atoms with Crippen molar-refractivity contribution >= 4 is 11.6 Å². The molecule has 0 bridgehead atoms. The first kappa shape index (κ1) is 16.0. The van der Waals surface area contributed by atoms with Crippen molar-refractivity contribution in [2.75, 3.05) is 25.0 Å². The maximum Gasteiger partial charge on any atom is 0.225 e. The van der Waals surface area contributed by atoms with Gasteiger partial charge in [0.15, 0.2) is 0 Å². The summed E-state index contributed by atoms with van der Waals surface area (Å²) in [6, 6.07) is 7.71. The Morgan fingerprint density at radius 2 is 1.86 bits per heavy atom. The average molecular weight is 289 g/mol. The predicted octanol–water partition coefficient (Wildman–Crippen LogP) is 2.45. The second-order valence-electron chi connectivity index (χ2n) is 6.40. The minimum atomic E-state index is 0.0846. The third kappa shape index (κ3) is 5.14. The lowest BCUT2D eigenvalue weighted by molar-refractivity contribution is -0.116. The lowest BCUT2D eigenvalue weighted by atomic mass is 9.92. The molecule has 2 unspecified atom stereocenters. The zero-order chi connectivity index (χ0) is 15.2. The normalized spacial score (nSPS) is 23.0. The number of benzene rings is 1. The average Bonchev–Trinajstić information content (AvgIpc) is 2.45. The fourth-order valence-corrected chi connectivity index (χ4v) is 3.18. The van der Waals surface area contributed by atoms with Crippen molar-refractivity contribution in [2.45, 2.75) is 33.2 Å². The molecule has 4 nitrogen and oxygen atoms in total. The van der Waals surface area contributed by atoms with Crippen molar-refractivity contribution in [2.24, 2.45) is 17.6 Å². The van der Waals surface area contributed by atoms with Gasteiger partial charge in [0.2, 0.25) is 5.91 Å². The second-order valence-corrected chi connectivity index (χ2v) is 6.40. The Kier molecular flexibility index (Phi) is 5.76. The Morgan fingerprint density at radius 1 is 1.24 bits per heavy atom. The Balaban J connectivity index is 1.76. The molecule has 1 aliphatic heterocycles. The van der Waals surface area contributed by atoms with Crippen LogP contribution in [0.1, 0.15) is 32.3 Å². The van der Waals surface area contributed by atoms with E-state index in [1.165, 1.54) is 6.42 Å². The molecule has 2 rings (SSSR count). The number of nitrogens with zero attached hydrogens (tertiary/aromatic N) is 1. The van der Waals surface area contributed by atoms with Crippen molar-refractivity contribution in [1.29, 1.82) is 0 Å². The van der Waals surface area contributed by atoms with Gasteiger partial charge in [0.1, 0.15) is 0 Å². The van der Waals surface area contributed by atoms with Crippen LogP contribution in [0.2, 0.25) is 0 Å². The molecular formula is C17H27N3O. The van der Waals surface area contributed by atoms with E-state index in [9.17, 15) is 4.79 Å². The summed E-state index contributed by atoms with van der Waals surface area (Å²) in [5, 5.41) is 2.95. The van der Waals surface area contributed by atoms with Crippen LogP contribution in [0.5, 0.6) is 0 Å². The summed E-state index contributed by atoms with van der Waals surface area (Å²) in [7, 11) is 0. The van der Waals surface area contributed by atoms with Crippen LogP contribution in [-0.4, -0.2) is 30.4 Å². The number of carbonyl (C=O) groups is 1. The summed E-state index contributed by atoms with van der Waals surface area (Å²) in [6.07, 6.45) is 1.86. The maximum atomic E-state index is 12.0. The highest BCUT2D eigenvalue weighted by atomic mass is 16.1. The molecule has 3 N–H and O–H groups in total. The van der Waals surface area contributed by atoms with Gasteiger partial charge >= 0.3 is 0 Å². The lowest BCUT2D eigenvalue weighted by Crippen LogP contribution is -2.40. The van der Waals surface area contributed by atoms with Gasteiger partial charge < -0.3 is 16.0 Å². The summed E-state index contributed by atoms with van der Waals surface area (Å²) < 4.78 is 0. The fourth-order valence-electron chi connectivity index (χ4n) is 3.18. The molecule has 0 saturated carbocycles. The zero-order valence-corrected chi connectivity index (χ0v) is 13.1. The van der Waals surface area contributed by atoms with Crippen LogP contribution in [0.4, 0.5) is 5.69 Å². The van der Waals surface area contributed by atoms with E-state index in [-0.39, 0.29) is 5.91 Å². The summed E-state index contributed by atoms with van der Waals surface area (Å²) >= 11 is 0. The van der Waals surface area contributed by atoms with Crippen LogP contribution < -0.4 is 11.1 Å². The molecule has 1 fully saturated rings. The number of hydrogen-bond donors (Lipinski definition) is 2. The first-order valence-corrected chi connectivity index (χ1v) is 7.88. The summed E-state index contributed by atoms with van der Waals surface area (Å²) in [5.74, 6) is 1.56. The van der Waals surface area contributed by atoms with Gasteiger partial charge in [-0.15, -0.1) is 0 Å². The van der Waals surface area contributed by atoms with E-state index in [2.05, 4.69) is 24.1 Å². The number of anilines is 1. The Hall–Kier alpha value is -1.39. The van der Waals surface area contributed by atoms with E-state index >= 15 is 0 Å². The van der Waals surface area contributed by atoms with E-state index in [0.717, 1.165) is 42.7 Å². The SMILES string of the molecule is CC1CC(C)CN(CCC(=O)Nc2ccc(CN)cc2)C1. The first-order chi connectivity index (χ1) is 10.1. The van der Waals surface area contributed by atoms with Gasteiger partial charge in [0, 0.05) is 38.3 Å². The summed E-state index contributed by atoms with van der Waals surface area (Å²) in [6.45, 7) is 8.19. The Bertz CT molecular complexity index is 448. The molecule has 1 aliphatic rings. The third-order valence-corrected chi connectivity index (χ3v) is 4.07. The number of hydrogen-bond acceptors (Lipinski definition) is 3. The summed E-state index contributed by atoms with van der Waals surface area (Å²) in [4.78, 5) is 14.4. The van der Waals surface area contributed by atoms with E-state index in [4.69, 9.17) is 5.73 Å². The molecule has 116 valence electrons. The van der Waals surface area contributed by atoms with Crippen LogP contribution in [0.25, 0.3) is 0 Å². The standard InChI is InChI=1S/C17H27N3O/c1-13-9-14(2)12-20(11-13)8-7-17(21)19-16-5-3-15(10-18)4-6-16/h3-6,13-14H,7-12,18H2,1-2H3,(H,19,21). The van der Waals surface area contributed by atoms with Crippen molar-refractivity contribution < 1.29 is 4.79 Å². The van der Waals surface area contributed by atoms with E-state index < -0.39 is 0 Å². The van der Waals surface area contributed by atoms with Gasteiger partial charge in [-0.3, -0.25) is 4.79 Å². The molecule has 0 aliphatic carbocycles. The highest BCUT2D eigenvalue weighted by molar-refractivity contribution is 5.90. The largest absolute Gasteiger partial charge is 0.326 e. The molecule has 1 aromatic carbocycles. The molecular weight excluding hydrogens is 262 g/mol. The molecule has 1 amide bonds. The maximum absolute atomic E-state index is 12.0. The molecule has 0 radical (unpaired) electrons. The molecule has 1 heterocycles. The number of amides is 1. The highest BCUT2D eigenvalue weighted by Crippen LogP contribution is 2.21. The number of likely N-dealkylation sites (tertiary alicyclic amines) is 1. The quantitative estimate of drug-likeness (QED) is 0.875. The zero-order valence-electron chi connectivity index (χ0n) is 13.1. The predicted molar refractivity (Wildman–Crippen MR) is 87.0 cm³/mol. The van der Waals surface area contributed by atoms with E-state index in [1.54, 1.807) is 0 Å². The van der Waals surface area contributed by atoms with Crippen molar-refractivity contribution in [3.05, 3.63) is 29.8 Å². The molecule has 0 aromatic heterocycles. The van der Waals surface area contributed by atoms with Crippen LogP contribution in [0.15, 0.2) is 24.3 Å². The van der Waals surface area contributed by atoms with Crippen molar-refractivity contribution in [3.8, 4) is 0 Å². The molecule has 1 saturated heterocycles. The van der Waals surface area contributed by atoms with Crippen LogP contribution in [0, 0.1) is 11.8 Å². The fraction of sp³-hybridized carbons (Fsp3) is 0.588. The number of nitrogens with two attached hydrogens (primary N) is 1. The molecule has 21 heavy (non-hydrogen) atoms. The van der Waals surface area contributed by atoms with E-state index in [1.807, 2.05) is 24.3 Å². The first-order valence-electron chi connectivity index (χ1n) is 7.88. The lowest BCUT2D eigenvalue weighted by Gasteiger charge is -2.34. The summed E-state index contributed by atoms with van der Waals surface area (Å²) in [5.41, 5.74) is 7.48. The molecule has 2 atom stereocenters. The molecule has 4 heteroatoms. The Morgan fingerprint density at radius 3 is 2.43 bits per heavy atom. The smallest absolute Gasteiger partial charge is 0.225 e. The van der Waals surface area contributed by atoms with Crippen LogP contribution in [-0.2, 0) is 11.3 Å². The topological polar surface area (TPSA) is 58.4 Å². The highest BCUT2D eigenvalue weighted by Gasteiger charge is 2.21. The van der Waals surface area contributed by atoms with Crippen molar-refractivity contribution in [3.63, 3.8) is 0 Å². The third-order valence-electron chi connectivity index (χ3n) is 4.07. The second kappa shape index (κ2) is 7.57. The number of rotatable bonds is 5. The van der Waals surface area contributed by atoms with E-state index in [0.29, 0.717) is 13.0 Å². The van der Waals surface area contributed by atoms with Gasteiger partial charge in [0.05, 0.1) is 0 Å². The Labute approximate surface area is 127 Å². The van der Waals surface area contributed by atoms with Gasteiger partial charge in [0.25, 0.3) is 0 Å². The van der Waals surface area contributed by atoms with Gasteiger partial charge in [-0.2, -0.15) is 0 Å². The van der Waals surface area contributed by atoms with Gasteiger partial charge in [-0.05, 0) is 36.0 Å². The van der Waals surface area contributed by atoms with Crippen LogP contribution in [0.3, 0.4) is 0 Å². The monoisotopic (exact) mass is 289 g/mol. The van der Waals surface area contributed by atoms with Gasteiger partial charge in [-0.25, -0.2) is 0 Å². The number of carbonyl (C=O) groups excluding carboxylic acids is 1. The minimum Gasteiger partial charge on any atom is -0.326 e.